The molecule has 0 aromatic heterocycles. The summed E-state index contributed by atoms with van der Waals surface area (Å²) in [6.07, 6.45) is -3.02. The molecular formula is C8H16F2O. The monoisotopic (exact) mass is 166 g/mol. The van der Waals surface area contributed by atoms with Gasteiger partial charge >= 0.3 is 6.11 Å². The van der Waals surface area contributed by atoms with Gasteiger partial charge in [-0.25, -0.2) is 0 Å². The molecule has 1 nitrogen and oxygen atoms in total. The summed E-state index contributed by atoms with van der Waals surface area (Å²) in [5.41, 5.74) is -0.784. The van der Waals surface area contributed by atoms with Crippen LogP contribution in [0.4, 0.5) is 8.78 Å². The fourth-order valence-electron chi connectivity index (χ4n) is 0.526. The normalized spacial score (nSPS) is 14.2. The first-order chi connectivity index (χ1) is 4.65. The second kappa shape index (κ2) is 3.05. The van der Waals surface area contributed by atoms with E-state index in [4.69, 9.17) is 0 Å². The van der Waals surface area contributed by atoms with Crippen molar-refractivity contribution in [3.05, 3.63) is 0 Å². The minimum Gasteiger partial charge on any atom is -0.314 e. The zero-order valence-corrected chi connectivity index (χ0v) is 7.74. The molecule has 0 amide bonds. The largest absolute Gasteiger partial charge is 0.358 e. The van der Waals surface area contributed by atoms with E-state index in [1.165, 1.54) is 13.8 Å². The zero-order chi connectivity index (χ0) is 9.28. The van der Waals surface area contributed by atoms with Gasteiger partial charge < -0.3 is 4.74 Å². The van der Waals surface area contributed by atoms with Crippen LogP contribution >= 0.6 is 0 Å². The molecule has 0 aromatic rings. The van der Waals surface area contributed by atoms with E-state index in [1.807, 2.05) is 0 Å². The van der Waals surface area contributed by atoms with Crippen molar-refractivity contribution in [2.45, 2.75) is 46.3 Å². The smallest absolute Gasteiger partial charge is 0.314 e. The van der Waals surface area contributed by atoms with Crippen LogP contribution in [-0.2, 0) is 4.74 Å². The second-order valence-electron chi connectivity index (χ2n) is 3.93. The van der Waals surface area contributed by atoms with Gasteiger partial charge in [-0.15, -0.1) is 0 Å². The van der Waals surface area contributed by atoms with Gasteiger partial charge in [0.2, 0.25) is 0 Å². The van der Waals surface area contributed by atoms with Crippen molar-refractivity contribution >= 4 is 0 Å². The first kappa shape index (κ1) is 10.8. The lowest BCUT2D eigenvalue weighted by molar-refractivity contribution is -0.305. The van der Waals surface area contributed by atoms with Gasteiger partial charge in [0.1, 0.15) is 0 Å². The fourth-order valence-corrected chi connectivity index (χ4v) is 0.526. The molecule has 0 fully saturated rings. The highest BCUT2D eigenvalue weighted by atomic mass is 19.3. The highest BCUT2D eigenvalue weighted by molar-refractivity contribution is 4.66. The lowest BCUT2D eigenvalue weighted by atomic mass is 10.1. The van der Waals surface area contributed by atoms with Gasteiger partial charge in [-0.2, -0.15) is 8.78 Å². The molecule has 0 N–H and O–H groups in total. The Labute approximate surface area is 66.7 Å². The van der Waals surface area contributed by atoms with Crippen LogP contribution < -0.4 is 0 Å². The van der Waals surface area contributed by atoms with Gasteiger partial charge in [-0.1, -0.05) is 13.8 Å². The Hall–Kier alpha value is -0.180. The van der Waals surface area contributed by atoms with Crippen molar-refractivity contribution in [2.24, 2.45) is 5.92 Å². The average Bonchev–Trinajstić information content (AvgIpc) is 1.56. The Morgan fingerprint density at radius 1 is 1.09 bits per heavy atom. The van der Waals surface area contributed by atoms with Crippen LogP contribution in [0.25, 0.3) is 0 Å². The maximum absolute atomic E-state index is 12.8. The summed E-state index contributed by atoms with van der Waals surface area (Å²) in [4.78, 5) is 0. The average molecular weight is 166 g/mol. The van der Waals surface area contributed by atoms with Crippen molar-refractivity contribution < 1.29 is 13.5 Å². The van der Waals surface area contributed by atoms with Crippen molar-refractivity contribution in [3.63, 3.8) is 0 Å². The lowest BCUT2D eigenvalue weighted by Crippen LogP contribution is -2.36. The third-order valence-corrected chi connectivity index (χ3v) is 1.11. The molecule has 0 heterocycles. The van der Waals surface area contributed by atoms with Crippen LogP contribution in [0, 0.1) is 5.92 Å². The summed E-state index contributed by atoms with van der Waals surface area (Å²) >= 11 is 0. The fraction of sp³-hybridized carbons (Fsp3) is 1.00. The maximum atomic E-state index is 12.8. The summed E-state index contributed by atoms with van der Waals surface area (Å²) in [7, 11) is 0. The predicted octanol–water partition coefficient (Wildman–Crippen LogP) is 3.05. The molecule has 0 saturated heterocycles. The van der Waals surface area contributed by atoms with E-state index in [0.717, 1.165) is 0 Å². The third-order valence-electron chi connectivity index (χ3n) is 1.11. The van der Waals surface area contributed by atoms with E-state index in [0.29, 0.717) is 0 Å². The van der Waals surface area contributed by atoms with Crippen LogP contribution in [0.5, 0.6) is 0 Å². The number of halogens is 2. The second-order valence-corrected chi connectivity index (χ2v) is 3.93. The van der Waals surface area contributed by atoms with Crippen LogP contribution in [-0.4, -0.2) is 11.7 Å². The van der Waals surface area contributed by atoms with Crippen molar-refractivity contribution in [3.8, 4) is 0 Å². The highest BCUT2D eigenvalue weighted by Crippen LogP contribution is 2.30. The van der Waals surface area contributed by atoms with Crippen LogP contribution in [0.3, 0.4) is 0 Å². The van der Waals surface area contributed by atoms with Crippen LogP contribution in [0.1, 0.15) is 34.6 Å². The van der Waals surface area contributed by atoms with Crippen molar-refractivity contribution in [2.75, 3.05) is 0 Å². The quantitative estimate of drug-likeness (QED) is 0.612. The number of hydrogen-bond acceptors (Lipinski definition) is 1. The van der Waals surface area contributed by atoms with E-state index in [9.17, 15) is 8.78 Å². The first-order valence-corrected chi connectivity index (χ1v) is 3.73. The van der Waals surface area contributed by atoms with Crippen LogP contribution in [0.2, 0.25) is 0 Å². The Kier molecular flexibility index (Phi) is 3.00. The topological polar surface area (TPSA) is 9.23 Å². The third kappa shape index (κ3) is 4.30. The number of alkyl halides is 2. The Bertz CT molecular complexity index is 125. The van der Waals surface area contributed by atoms with Gasteiger partial charge in [0.15, 0.2) is 0 Å². The molecule has 0 atom stereocenters. The summed E-state index contributed by atoms with van der Waals surface area (Å²) in [6, 6.07) is 0. The molecule has 3 heteroatoms. The molecular weight excluding hydrogens is 150 g/mol. The number of hydrogen-bond donors (Lipinski definition) is 0. The molecule has 0 rings (SSSR count). The molecule has 0 radical (unpaired) electrons. The molecule has 0 aliphatic carbocycles. The molecule has 0 aliphatic heterocycles. The van der Waals surface area contributed by atoms with E-state index in [2.05, 4.69) is 4.74 Å². The standard InChI is InChI=1S/C8H16F2O/c1-6(2)8(9,10)11-7(3,4)5/h6H,1-5H3. The van der Waals surface area contributed by atoms with E-state index < -0.39 is 17.6 Å². The summed E-state index contributed by atoms with van der Waals surface area (Å²) in [5.74, 6) is -0.776. The van der Waals surface area contributed by atoms with E-state index in [-0.39, 0.29) is 0 Å². The van der Waals surface area contributed by atoms with Gasteiger partial charge in [-0.05, 0) is 20.8 Å². The Morgan fingerprint density at radius 3 is 1.55 bits per heavy atom. The highest BCUT2D eigenvalue weighted by Gasteiger charge is 2.38. The first-order valence-electron chi connectivity index (χ1n) is 3.73. The Balaban J connectivity index is 4.13. The van der Waals surface area contributed by atoms with E-state index >= 15 is 0 Å². The molecule has 0 spiro atoms. The van der Waals surface area contributed by atoms with Crippen molar-refractivity contribution in [1.82, 2.24) is 0 Å². The van der Waals surface area contributed by atoms with Gasteiger partial charge in [0.05, 0.1) is 5.60 Å². The molecule has 0 unspecified atom stereocenters. The number of ether oxygens (including phenoxy) is 1. The molecule has 0 saturated carbocycles. The molecule has 0 bridgehead atoms. The van der Waals surface area contributed by atoms with Crippen molar-refractivity contribution in [1.29, 1.82) is 0 Å². The summed E-state index contributed by atoms with van der Waals surface area (Å²) < 4.78 is 30.2. The Morgan fingerprint density at radius 2 is 1.45 bits per heavy atom. The van der Waals surface area contributed by atoms with E-state index in [1.54, 1.807) is 20.8 Å². The summed E-state index contributed by atoms with van der Waals surface area (Å²) in [6.45, 7) is 7.72. The lowest BCUT2D eigenvalue weighted by Gasteiger charge is -2.29. The maximum Gasteiger partial charge on any atom is 0.358 e. The predicted molar refractivity (Wildman–Crippen MR) is 40.6 cm³/mol. The van der Waals surface area contributed by atoms with Gasteiger partial charge in [0.25, 0.3) is 0 Å². The minimum absolute atomic E-state index is 0.776. The van der Waals surface area contributed by atoms with Crippen LogP contribution in [0.15, 0.2) is 0 Å². The van der Waals surface area contributed by atoms with Gasteiger partial charge in [0, 0.05) is 5.92 Å². The summed E-state index contributed by atoms with van der Waals surface area (Å²) in [5, 5.41) is 0. The number of rotatable bonds is 2. The zero-order valence-electron chi connectivity index (χ0n) is 7.74. The van der Waals surface area contributed by atoms with Gasteiger partial charge in [-0.3, -0.25) is 0 Å². The molecule has 0 aromatic carbocycles. The molecule has 11 heavy (non-hydrogen) atoms. The molecule has 68 valence electrons. The minimum atomic E-state index is -3.02. The molecule has 0 aliphatic rings. The SMILES string of the molecule is CC(C)C(F)(F)OC(C)(C)C.